The molecular formula is C15H18FN3O2. The highest BCUT2D eigenvalue weighted by Crippen LogP contribution is 2.19. The number of hydrogen-bond acceptors (Lipinski definition) is 4. The van der Waals surface area contributed by atoms with Crippen LogP contribution in [0.25, 0.3) is 5.69 Å². The quantitative estimate of drug-likeness (QED) is 0.860. The van der Waals surface area contributed by atoms with Crippen LogP contribution >= 0.6 is 0 Å². The van der Waals surface area contributed by atoms with Crippen LogP contribution < -0.4 is 5.32 Å². The Hall–Kier alpha value is -2.21. The van der Waals surface area contributed by atoms with Crippen molar-refractivity contribution < 1.29 is 13.9 Å². The number of benzene rings is 1. The fourth-order valence-corrected chi connectivity index (χ4v) is 1.92. The third kappa shape index (κ3) is 3.28. The van der Waals surface area contributed by atoms with E-state index in [-0.39, 0.29) is 18.3 Å². The van der Waals surface area contributed by atoms with E-state index < -0.39 is 11.8 Å². The second-order valence-corrected chi connectivity index (χ2v) is 4.62. The maximum Gasteiger partial charge on any atom is 0.341 e. The van der Waals surface area contributed by atoms with Crippen molar-refractivity contribution >= 4 is 5.97 Å². The molecule has 0 spiro atoms. The maximum atomic E-state index is 14.2. The number of carbonyl (C=O) groups is 1. The summed E-state index contributed by atoms with van der Waals surface area (Å²) in [6.45, 7) is 3.96. The van der Waals surface area contributed by atoms with E-state index in [0.717, 1.165) is 5.56 Å². The highest BCUT2D eigenvalue weighted by Gasteiger charge is 2.13. The van der Waals surface area contributed by atoms with Gasteiger partial charge in [0, 0.05) is 12.2 Å². The van der Waals surface area contributed by atoms with Crippen LogP contribution in [0.1, 0.15) is 35.8 Å². The van der Waals surface area contributed by atoms with Gasteiger partial charge in [0.05, 0.1) is 18.4 Å². The zero-order chi connectivity index (χ0) is 15.4. The highest BCUT2D eigenvalue weighted by atomic mass is 19.1. The molecule has 5 nitrogen and oxygen atoms in total. The van der Waals surface area contributed by atoms with Gasteiger partial charge in [-0.1, -0.05) is 6.07 Å². The Labute approximate surface area is 122 Å². The first-order valence-corrected chi connectivity index (χ1v) is 6.75. The molecule has 0 saturated carbocycles. The van der Waals surface area contributed by atoms with Crippen molar-refractivity contribution in [3.63, 3.8) is 0 Å². The molecule has 6 heteroatoms. The van der Waals surface area contributed by atoms with E-state index in [2.05, 4.69) is 10.4 Å². The van der Waals surface area contributed by atoms with E-state index in [0.29, 0.717) is 5.56 Å². The second kappa shape index (κ2) is 6.49. The Morgan fingerprint density at radius 2 is 2.29 bits per heavy atom. The first kappa shape index (κ1) is 15.2. The van der Waals surface area contributed by atoms with Crippen LogP contribution in [0, 0.1) is 5.82 Å². The summed E-state index contributed by atoms with van der Waals surface area (Å²) in [5.41, 5.74) is 1.43. The second-order valence-electron chi connectivity index (χ2n) is 4.62. The van der Waals surface area contributed by atoms with Crippen molar-refractivity contribution in [2.75, 3.05) is 13.7 Å². The summed E-state index contributed by atoms with van der Waals surface area (Å²) < 4.78 is 20.4. The number of halogens is 1. The number of ether oxygens (including phenoxy) is 1. The maximum absolute atomic E-state index is 14.2. The van der Waals surface area contributed by atoms with Crippen molar-refractivity contribution in [2.45, 2.75) is 19.9 Å². The Bertz CT molecular complexity index is 640. The summed E-state index contributed by atoms with van der Waals surface area (Å²) in [6.07, 6.45) is 2.82. The van der Waals surface area contributed by atoms with Gasteiger partial charge in [0.25, 0.3) is 0 Å². The largest absolute Gasteiger partial charge is 0.462 e. The van der Waals surface area contributed by atoms with Gasteiger partial charge in [-0.15, -0.1) is 0 Å². The van der Waals surface area contributed by atoms with Crippen molar-refractivity contribution in [1.82, 2.24) is 15.1 Å². The summed E-state index contributed by atoms with van der Waals surface area (Å²) in [4.78, 5) is 11.6. The van der Waals surface area contributed by atoms with Crippen molar-refractivity contribution in [1.29, 1.82) is 0 Å². The first-order valence-electron chi connectivity index (χ1n) is 6.75. The SMILES string of the molecule is CCOC(=O)c1cnn(-c2ccc(C(C)NC)cc2F)c1. The summed E-state index contributed by atoms with van der Waals surface area (Å²) in [5.74, 6) is -0.863. The molecule has 0 bridgehead atoms. The molecule has 0 amide bonds. The molecule has 2 aromatic rings. The summed E-state index contributed by atoms with van der Waals surface area (Å²) in [5, 5.41) is 7.06. The monoisotopic (exact) mass is 291 g/mol. The highest BCUT2D eigenvalue weighted by molar-refractivity contribution is 5.88. The average molecular weight is 291 g/mol. The normalized spacial score (nSPS) is 12.2. The molecule has 0 saturated heterocycles. The van der Waals surface area contributed by atoms with Gasteiger partial charge in [-0.3, -0.25) is 0 Å². The van der Waals surface area contributed by atoms with Gasteiger partial charge < -0.3 is 10.1 Å². The van der Waals surface area contributed by atoms with Gasteiger partial charge in [-0.25, -0.2) is 13.9 Å². The Kier molecular flexibility index (Phi) is 4.70. The van der Waals surface area contributed by atoms with Crippen LogP contribution in [0.3, 0.4) is 0 Å². The minimum Gasteiger partial charge on any atom is -0.462 e. The minimum atomic E-state index is -0.468. The Morgan fingerprint density at radius 1 is 1.52 bits per heavy atom. The van der Waals surface area contributed by atoms with E-state index in [1.807, 2.05) is 20.0 Å². The van der Waals surface area contributed by atoms with E-state index in [4.69, 9.17) is 4.74 Å². The lowest BCUT2D eigenvalue weighted by atomic mass is 10.1. The van der Waals surface area contributed by atoms with Crippen molar-refractivity contribution in [2.24, 2.45) is 0 Å². The van der Waals surface area contributed by atoms with E-state index in [1.54, 1.807) is 13.0 Å². The van der Waals surface area contributed by atoms with E-state index in [9.17, 15) is 9.18 Å². The molecule has 2 rings (SSSR count). The third-order valence-corrected chi connectivity index (χ3v) is 3.25. The summed E-state index contributed by atoms with van der Waals surface area (Å²) in [7, 11) is 1.82. The average Bonchev–Trinajstić information content (AvgIpc) is 2.96. The molecule has 0 aliphatic rings. The molecule has 0 fully saturated rings. The molecule has 0 radical (unpaired) electrons. The molecular weight excluding hydrogens is 273 g/mol. The van der Waals surface area contributed by atoms with Gasteiger partial charge >= 0.3 is 5.97 Å². The summed E-state index contributed by atoms with van der Waals surface area (Å²) in [6, 6.07) is 4.98. The number of rotatable bonds is 5. The van der Waals surface area contributed by atoms with Crippen molar-refractivity contribution in [3.8, 4) is 5.69 Å². The van der Waals surface area contributed by atoms with E-state index >= 15 is 0 Å². The first-order chi connectivity index (χ1) is 10.1. The Balaban J connectivity index is 2.28. The van der Waals surface area contributed by atoms with Gasteiger partial charge in [0.2, 0.25) is 0 Å². The molecule has 1 heterocycles. The lowest BCUT2D eigenvalue weighted by molar-refractivity contribution is 0.0526. The predicted octanol–water partition coefficient (Wildman–Crippen LogP) is 2.47. The number of aromatic nitrogens is 2. The number of esters is 1. The summed E-state index contributed by atoms with van der Waals surface area (Å²) >= 11 is 0. The predicted molar refractivity (Wildman–Crippen MR) is 77.0 cm³/mol. The van der Waals surface area contributed by atoms with Gasteiger partial charge in [-0.2, -0.15) is 5.10 Å². The molecule has 1 aromatic heterocycles. The van der Waals surface area contributed by atoms with Crippen LogP contribution in [0.5, 0.6) is 0 Å². The molecule has 1 N–H and O–H groups in total. The van der Waals surface area contributed by atoms with Crippen LogP contribution in [-0.2, 0) is 4.74 Å². The molecule has 112 valence electrons. The lowest BCUT2D eigenvalue weighted by Gasteiger charge is -2.12. The van der Waals surface area contributed by atoms with Crippen LogP contribution in [0.2, 0.25) is 0 Å². The zero-order valence-corrected chi connectivity index (χ0v) is 12.3. The number of carbonyl (C=O) groups excluding carboxylic acids is 1. The fraction of sp³-hybridized carbons (Fsp3) is 0.333. The molecule has 0 aliphatic carbocycles. The van der Waals surface area contributed by atoms with Gasteiger partial charge in [0.1, 0.15) is 11.5 Å². The van der Waals surface area contributed by atoms with E-state index in [1.165, 1.54) is 23.1 Å². The zero-order valence-electron chi connectivity index (χ0n) is 12.3. The molecule has 1 atom stereocenters. The Morgan fingerprint density at radius 3 is 2.90 bits per heavy atom. The van der Waals surface area contributed by atoms with Gasteiger partial charge in [-0.05, 0) is 38.6 Å². The van der Waals surface area contributed by atoms with Gasteiger partial charge in [0.15, 0.2) is 0 Å². The molecule has 1 unspecified atom stereocenters. The lowest BCUT2D eigenvalue weighted by Crippen LogP contribution is -2.13. The number of nitrogens with one attached hydrogen (secondary N) is 1. The van der Waals surface area contributed by atoms with Crippen LogP contribution in [0.4, 0.5) is 4.39 Å². The van der Waals surface area contributed by atoms with Crippen LogP contribution in [-0.4, -0.2) is 29.4 Å². The minimum absolute atomic E-state index is 0.0567. The smallest absolute Gasteiger partial charge is 0.341 e. The van der Waals surface area contributed by atoms with Crippen LogP contribution in [0.15, 0.2) is 30.6 Å². The molecule has 0 aliphatic heterocycles. The fourth-order valence-electron chi connectivity index (χ4n) is 1.92. The molecule has 21 heavy (non-hydrogen) atoms. The van der Waals surface area contributed by atoms with Crippen molar-refractivity contribution in [3.05, 3.63) is 47.5 Å². The number of hydrogen-bond donors (Lipinski definition) is 1. The standard InChI is InChI=1S/C15H18FN3O2/c1-4-21-15(20)12-8-18-19(9-12)14-6-5-11(7-13(14)16)10(2)17-3/h5-10,17H,4H2,1-3H3. The number of nitrogens with zero attached hydrogens (tertiary/aromatic N) is 2. The molecule has 1 aromatic carbocycles. The third-order valence-electron chi connectivity index (χ3n) is 3.25. The topological polar surface area (TPSA) is 56.1 Å².